The molecule has 2 aliphatic carbocycles. The lowest BCUT2D eigenvalue weighted by molar-refractivity contribution is -0.139. The molecule has 13 nitrogen and oxygen atoms in total. The molecular weight excluding hydrogens is 735 g/mol. The minimum atomic E-state index is -0.684. The molecule has 306 valence electrons. The van der Waals surface area contributed by atoms with Crippen LogP contribution in [0.3, 0.4) is 0 Å². The van der Waals surface area contributed by atoms with Crippen LogP contribution in [0.4, 0.5) is 4.79 Å². The molecule has 13 heteroatoms. The van der Waals surface area contributed by atoms with Gasteiger partial charge in [0.05, 0.1) is 55.3 Å². The molecular formula is C45H55N7O6. The van der Waals surface area contributed by atoms with Crippen LogP contribution in [0.1, 0.15) is 94.2 Å². The highest BCUT2D eigenvalue weighted by atomic mass is 16.5. The van der Waals surface area contributed by atoms with Crippen molar-refractivity contribution in [3.05, 3.63) is 71.4 Å². The van der Waals surface area contributed by atoms with Gasteiger partial charge in [0.2, 0.25) is 11.8 Å². The Morgan fingerprint density at radius 2 is 1.43 bits per heavy atom. The number of imidazole rings is 2. The summed E-state index contributed by atoms with van der Waals surface area (Å²) in [7, 11) is 4.63. The number of hydrogen-bond acceptors (Lipinski definition) is 8. The number of nitrogens with zero attached hydrogens (tertiary/aromatic N) is 4. The zero-order chi connectivity index (χ0) is 40.8. The first-order valence-corrected chi connectivity index (χ1v) is 20.5. The van der Waals surface area contributed by atoms with Gasteiger partial charge in [-0.3, -0.25) is 9.59 Å². The summed E-state index contributed by atoms with van der Waals surface area (Å²) in [4.78, 5) is 60.6. The van der Waals surface area contributed by atoms with Crippen LogP contribution in [0.25, 0.3) is 22.3 Å². The van der Waals surface area contributed by atoms with E-state index in [0.29, 0.717) is 19.8 Å². The second kappa shape index (κ2) is 15.9. The second-order valence-electron chi connectivity index (χ2n) is 17.6. The largest absolute Gasteiger partial charge is 0.453 e. The maximum atomic E-state index is 13.9. The van der Waals surface area contributed by atoms with Crippen molar-refractivity contribution in [1.82, 2.24) is 35.1 Å². The Balaban J connectivity index is 0.951. The van der Waals surface area contributed by atoms with E-state index < -0.39 is 12.1 Å². The van der Waals surface area contributed by atoms with Crippen molar-refractivity contribution in [3.8, 4) is 23.1 Å². The average Bonchev–Trinajstić information content (AvgIpc) is 3.83. The Morgan fingerprint density at radius 3 is 2.03 bits per heavy atom. The number of aromatic amines is 2. The van der Waals surface area contributed by atoms with Gasteiger partial charge in [0.1, 0.15) is 17.7 Å². The van der Waals surface area contributed by atoms with Gasteiger partial charge in [-0.1, -0.05) is 44.7 Å². The van der Waals surface area contributed by atoms with Crippen molar-refractivity contribution >= 4 is 28.9 Å². The summed E-state index contributed by atoms with van der Waals surface area (Å²) in [5.41, 5.74) is 5.64. The van der Waals surface area contributed by atoms with E-state index in [1.54, 1.807) is 14.2 Å². The highest BCUT2D eigenvalue weighted by Gasteiger charge is 2.56. The van der Waals surface area contributed by atoms with Gasteiger partial charge in [-0.2, -0.15) is 0 Å². The summed E-state index contributed by atoms with van der Waals surface area (Å²) >= 11 is 0. The fourth-order valence-corrected chi connectivity index (χ4v) is 9.04. The quantitative estimate of drug-likeness (QED) is 0.140. The smallest absolute Gasteiger partial charge is 0.407 e. The van der Waals surface area contributed by atoms with E-state index in [1.165, 1.54) is 7.11 Å². The summed E-state index contributed by atoms with van der Waals surface area (Å²) in [5, 5.41) is 2.74. The molecule has 0 bridgehead atoms. The molecule has 2 saturated heterocycles. The zero-order valence-electron chi connectivity index (χ0n) is 34.4. The Hall–Kier alpha value is -5.19. The topological polar surface area (TPSA) is 155 Å². The predicted molar refractivity (Wildman–Crippen MR) is 218 cm³/mol. The molecule has 3 amide bonds. The summed E-state index contributed by atoms with van der Waals surface area (Å²) in [6.07, 6.45) is 7.44. The SMILES string of the molecule is COCC(COC)[C@H](C)C(=O)N1CC2(CC2)C[C@H]1c1nc2ccc(C#Cc3ccc(-c4cnc([C@@H]5CC6(CC6)CN5C(=O)[C@@H](NC(=O)OC)C(C)C)[nH]4)cc3)cc2[nH]1. The molecule has 2 aliphatic heterocycles. The van der Waals surface area contributed by atoms with Crippen molar-refractivity contribution in [2.24, 2.45) is 28.6 Å². The van der Waals surface area contributed by atoms with Crippen LogP contribution in [-0.4, -0.2) is 101 Å². The van der Waals surface area contributed by atoms with E-state index >= 15 is 0 Å². The summed E-state index contributed by atoms with van der Waals surface area (Å²) in [6.45, 7) is 8.20. The fraction of sp³-hybridized carbons (Fsp3) is 0.533. The van der Waals surface area contributed by atoms with Crippen LogP contribution < -0.4 is 5.32 Å². The maximum Gasteiger partial charge on any atom is 0.407 e. The third-order valence-corrected chi connectivity index (χ3v) is 13.0. The molecule has 2 spiro atoms. The summed E-state index contributed by atoms with van der Waals surface area (Å²) in [5.74, 6) is 7.87. The number of carbonyl (C=O) groups excluding carboxylic acids is 3. The number of methoxy groups -OCH3 is 3. The Labute approximate surface area is 340 Å². The van der Waals surface area contributed by atoms with E-state index in [0.717, 1.165) is 90.1 Å². The second-order valence-corrected chi connectivity index (χ2v) is 17.6. The van der Waals surface area contributed by atoms with Gasteiger partial charge in [0, 0.05) is 50.3 Å². The molecule has 0 radical (unpaired) electrons. The van der Waals surface area contributed by atoms with E-state index in [1.807, 2.05) is 79.2 Å². The molecule has 2 saturated carbocycles. The van der Waals surface area contributed by atoms with Gasteiger partial charge in [-0.25, -0.2) is 14.8 Å². The standard InChI is InChI=1S/C45H55N7O6/c1-27(2)38(50-43(55)58-6)42(54)52-26-44(15-16-44)20-36(52)39-46-22-35(49-39)31-12-9-29(10-13-31)7-8-30-11-14-33-34(19-30)48-40(47-33)37-21-45(17-18-45)25-51(37)41(53)28(3)32(23-56-4)24-57-5/h9-14,19,22,27-28,32,36-38H,15-18,20-21,23-26H2,1-6H3,(H,46,49)(H,47,48)(H,50,55)/t28-,36-,37-,38-/m0/s1. The predicted octanol–water partition coefficient (Wildman–Crippen LogP) is 6.39. The van der Waals surface area contributed by atoms with Crippen LogP contribution >= 0.6 is 0 Å². The number of carbonyl (C=O) groups is 3. The van der Waals surface area contributed by atoms with Crippen molar-refractivity contribution in [1.29, 1.82) is 0 Å². The molecule has 2 aromatic carbocycles. The molecule has 58 heavy (non-hydrogen) atoms. The monoisotopic (exact) mass is 789 g/mol. The maximum absolute atomic E-state index is 13.9. The van der Waals surface area contributed by atoms with Gasteiger partial charge < -0.3 is 39.3 Å². The molecule has 3 N–H and O–H groups in total. The number of nitrogens with one attached hydrogen (secondary N) is 3. The van der Waals surface area contributed by atoms with Crippen molar-refractivity contribution < 1.29 is 28.6 Å². The van der Waals surface area contributed by atoms with Gasteiger partial charge in [0.25, 0.3) is 0 Å². The van der Waals surface area contributed by atoms with E-state index in [4.69, 9.17) is 24.2 Å². The molecule has 4 fully saturated rings. The molecule has 8 rings (SSSR count). The summed E-state index contributed by atoms with van der Waals surface area (Å²) < 4.78 is 15.7. The highest BCUT2D eigenvalue weighted by molar-refractivity contribution is 5.86. The lowest BCUT2D eigenvalue weighted by Gasteiger charge is -2.30. The number of rotatable bonds is 12. The van der Waals surface area contributed by atoms with Gasteiger partial charge in [-0.15, -0.1) is 0 Å². The number of likely N-dealkylation sites (tertiary alicyclic amines) is 2. The van der Waals surface area contributed by atoms with Crippen molar-refractivity contribution in [2.45, 2.75) is 77.4 Å². The minimum absolute atomic E-state index is 0.0189. The van der Waals surface area contributed by atoms with Crippen molar-refractivity contribution in [3.63, 3.8) is 0 Å². The summed E-state index contributed by atoms with van der Waals surface area (Å²) in [6, 6.07) is 13.1. The number of H-pyrrole nitrogens is 2. The number of hydrogen-bond donors (Lipinski definition) is 3. The fourth-order valence-electron chi connectivity index (χ4n) is 9.04. The number of benzene rings is 2. The number of aromatic nitrogens is 4. The van der Waals surface area contributed by atoms with E-state index in [2.05, 4.69) is 27.1 Å². The van der Waals surface area contributed by atoms with Crippen molar-refractivity contribution in [2.75, 3.05) is 47.6 Å². The normalized spacial score (nSPS) is 21.1. The minimum Gasteiger partial charge on any atom is -0.453 e. The molecule has 4 atom stereocenters. The third kappa shape index (κ3) is 7.96. The first-order chi connectivity index (χ1) is 27.9. The van der Waals surface area contributed by atoms with Crippen LogP contribution in [-0.2, 0) is 23.8 Å². The zero-order valence-corrected chi connectivity index (χ0v) is 34.4. The Morgan fingerprint density at radius 1 is 0.828 bits per heavy atom. The van der Waals surface area contributed by atoms with Crippen LogP contribution in [0.2, 0.25) is 0 Å². The first kappa shape index (κ1) is 39.6. The van der Waals surface area contributed by atoms with Crippen LogP contribution in [0.15, 0.2) is 48.7 Å². The molecule has 4 aromatic rings. The number of fused-ring (bicyclic) bond motifs is 1. The first-order valence-electron chi connectivity index (χ1n) is 20.5. The van der Waals surface area contributed by atoms with E-state index in [9.17, 15) is 14.4 Å². The molecule has 0 unspecified atom stereocenters. The Bertz CT molecular complexity index is 2220. The Kier molecular flexibility index (Phi) is 10.8. The number of amides is 3. The molecule has 2 aromatic heterocycles. The molecule has 4 heterocycles. The lowest BCUT2D eigenvalue weighted by Crippen LogP contribution is -2.51. The van der Waals surface area contributed by atoms with Crippen LogP contribution in [0.5, 0.6) is 0 Å². The average molecular weight is 790 g/mol. The third-order valence-electron chi connectivity index (χ3n) is 13.0. The highest BCUT2D eigenvalue weighted by Crippen LogP contribution is 2.59. The lowest BCUT2D eigenvalue weighted by atomic mass is 9.93. The van der Waals surface area contributed by atoms with Gasteiger partial charge >= 0.3 is 6.09 Å². The van der Waals surface area contributed by atoms with Crippen LogP contribution in [0, 0.1) is 40.4 Å². The molecule has 4 aliphatic rings. The van der Waals surface area contributed by atoms with E-state index in [-0.39, 0.29) is 52.5 Å². The van der Waals surface area contributed by atoms with Gasteiger partial charge in [0.15, 0.2) is 0 Å². The van der Waals surface area contributed by atoms with Gasteiger partial charge in [-0.05, 0) is 91.2 Å². The number of alkyl carbamates (subject to hydrolysis) is 1. The number of ether oxygens (including phenoxy) is 3.